The van der Waals surface area contributed by atoms with Crippen molar-refractivity contribution in [2.45, 2.75) is 26.8 Å². The van der Waals surface area contributed by atoms with E-state index in [1.54, 1.807) is 25.3 Å². The lowest BCUT2D eigenvalue weighted by Gasteiger charge is -2.20. The number of nitrogens with one attached hydrogen (secondary N) is 1. The third-order valence-electron chi connectivity index (χ3n) is 3.08. The molecule has 0 aliphatic heterocycles. The van der Waals surface area contributed by atoms with E-state index in [4.69, 9.17) is 9.47 Å². The lowest BCUT2D eigenvalue weighted by atomic mass is 10.0. The Morgan fingerprint density at radius 1 is 1.20 bits per heavy atom. The molecule has 1 atom stereocenters. The average Bonchev–Trinajstić information content (AvgIpc) is 2.43. The normalized spacial score (nSPS) is 11.9. The van der Waals surface area contributed by atoms with E-state index < -0.39 is 12.0 Å². The predicted octanol–water partition coefficient (Wildman–Crippen LogP) is 1.93. The summed E-state index contributed by atoms with van der Waals surface area (Å²) in [7, 11) is 2.86. The lowest BCUT2D eigenvalue weighted by Crippen LogP contribution is -2.45. The first-order valence-electron chi connectivity index (χ1n) is 6.44. The summed E-state index contributed by atoms with van der Waals surface area (Å²) in [4.78, 5) is 23.8. The van der Waals surface area contributed by atoms with E-state index in [1.165, 1.54) is 7.11 Å². The van der Waals surface area contributed by atoms with Gasteiger partial charge in [0.15, 0.2) is 0 Å². The Labute approximate surface area is 119 Å². The molecule has 20 heavy (non-hydrogen) atoms. The van der Waals surface area contributed by atoms with Gasteiger partial charge < -0.3 is 14.8 Å². The average molecular weight is 279 g/mol. The Morgan fingerprint density at radius 2 is 1.85 bits per heavy atom. The monoisotopic (exact) mass is 279 g/mol. The Balaban J connectivity index is 2.92. The minimum absolute atomic E-state index is 0.0567. The Bertz CT molecular complexity index is 497. The fourth-order valence-corrected chi connectivity index (χ4v) is 1.81. The number of rotatable bonds is 5. The maximum atomic E-state index is 12.2. The molecular formula is C15H21NO4. The molecular weight excluding hydrogens is 258 g/mol. The summed E-state index contributed by atoms with van der Waals surface area (Å²) in [6.45, 7) is 5.58. The van der Waals surface area contributed by atoms with Gasteiger partial charge in [0.05, 0.1) is 14.2 Å². The molecule has 1 rings (SSSR count). The van der Waals surface area contributed by atoms with Crippen LogP contribution in [0.15, 0.2) is 18.2 Å². The first kappa shape index (κ1) is 16.0. The van der Waals surface area contributed by atoms with Gasteiger partial charge in [-0.3, -0.25) is 4.79 Å². The SMILES string of the molecule is COC(=O)C(NC(=O)c1ccc(C)c(OC)c1)C(C)C. The summed E-state index contributed by atoms with van der Waals surface area (Å²) in [6.07, 6.45) is 0. The molecule has 110 valence electrons. The maximum absolute atomic E-state index is 12.2. The lowest BCUT2D eigenvalue weighted by molar-refractivity contribution is -0.144. The minimum Gasteiger partial charge on any atom is -0.496 e. The number of methoxy groups -OCH3 is 2. The molecule has 0 heterocycles. The van der Waals surface area contributed by atoms with Crippen LogP contribution in [0.2, 0.25) is 0 Å². The highest BCUT2D eigenvalue weighted by atomic mass is 16.5. The molecule has 5 nitrogen and oxygen atoms in total. The highest BCUT2D eigenvalue weighted by Gasteiger charge is 2.25. The van der Waals surface area contributed by atoms with Gasteiger partial charge in [-0.2, -0.15) is 0 Å². The van der Waals surface area contributed by atoms with Gasteiger partial charge in [-0.05, 0) is 30.5 Å². The molecule has 5 heteroatoms. The van der Waals surface area contributed by atoms with Crippen molar-refractivity contribution in [3.63, 3.8) is 0 Å². The van der Waals surface area contributed by atoms with Crippen molar-refractivity contribution >= 4 is 11.9 Å². The standard InChI is InChI=1S/C15H21NO4/c1-9(2)13(15(18)20-5)16-14(17)11-7-6-10(3)12(8-11)19-4/h6-9,13H,1-5H3,(H,16,17). The van der Waals surface area contributed by atoms with E-state index in [9.17, 15) is 9.59 Å². The van der Waals surface area contributed by atoms with E-state index in [0.717, 1.165) is 5.56 Å². The number of aryl methyl sites for hydroxylation is 1. The van der Waals surface area contributed by atoms with Crippen molar-refractivity contribution in [1.29, 1.82) is 0 Å². The quantitative estimate of drug-likeness (QED) is 0.836. The molecule has 0 aliphatic carbocycles. The van der Waals surface area contributed by atoms with Crippen LogP contribution in [-0.4, -0.2) is 32.1 Å². The van der Waals surface area contributed by atoms with Crippen LogP contribution in [0.25, 0.3) is 0 Å². The smallest absolute Gasteiger partial charge is 0.328 e. The van der Waals surface area contributed by atoms with Gasteiger partial charge in [0.25, 0.3) is 5.91 Å². The molecule has 1 amide bonds. The molecule has 0 fully saturated rings. The second kappa shape index (κ2) is 6.93. The summed E-state index contributed by atoms with van der Waals surface area (Å²) >= 11 is 0. The largest absolute Gasteiger partial charge is 0.496 e. The number of benzene rings is 1. The Morgan fingerprint density at radius 3 is 2.35 bits per heavy atom. The predicted molar refractivity (Wildman–Crippen MR) is 75.8 cm³/mol. The van der Waals surface area contributed by atoms with Gasteiger partial charge in [0.1, 0.15) is 11.8 Å². The highest BCUT2D eigenvalue weighted by molar-refractivity contribution is 5.97. The fourth-order valence-electron chi connectivity index (χ4n) is 1.81. The van der Waals surface area contributed by atoms with E-state index in [-0.39, 0.29) is 11.8 Å². The molecule has 1 aromatic carbocycles. The zero-order valence-corrected chi connectivity index (χ0v) is 12.5. The van der Waals surface area contributed by atoms with Crippen LogP contribution in [0, 0.1) is 12.8 Å². The van der Waals surface area contributed by atoms with Crippen molar-refractivity contribution in [3.05, 3.63) is 29.3 Å². The van der Waals surface area contributed by atoms with Crippen LogP contribution < -0.4 is 10.1 Å². The van der Waals surface area contributed by atoms with E-state index in [1.807, 2.05) is 20.8 Å². The highest BCUT2D eigenvalue weighted by Crippen LogP contribution is 2.19. The summed E-state index contributed by atoms with van der Waals surface area (Å²) < 4.78 is 9.88. The van der Waals surface area contributed by atoms with Gasteiger partial charge in [-0.1, -0.05) is 19.9 Å². The van der Waals surface area contributed by atoms with Gasteiger partial charge in [-0.15, -0.1) is 0 Å². The van der Waals surface area contributed by atoms with Crippen molar-refractivity contribution in [2.75, 3.05) is 14.2 Å². The third-order valence-corrected chi connectivity index (χ3v) is 3.08. The third kappa shape index (κ3) is 3.73. The van der Waals surface area contributed by atoms with Crippen LogP contribution in [0.3, 0.4) is 0 Å². The number of amides is 1. The maximum Gasteiger partial charge on any atom is 0.328 e. The molecule has 0 spiro atoms. The van der Waals surface area contributed by atoms with Crippen LogP contribution in [0.5, 0.6) is 5.75 Å². The zero-order valence-electron chi connectivity index (χ0n) is 12.5. The van der Waals surface area contributed by atoms with Crippen LogP contribution >= 0.6 is 0 Å². The van der Waals surface area contributed by atoms with Crippen LogP contribution in [0.1, 0.15) is 29.8 Å². The van der Waals surface area contributed by atoms with E-state index >= 15 is 0 Å². The van der Waals surface area contributed by atoms with Gasteiger partial charge in [-0.25, -0.2) is 4.79 Å². The van der Waals surface area contributed by atoms with Gasteiger partial charge in [0, 0.05) is 5.56 Å². The van der Waals surface area contributed by atoms with Crippen LogP contribution in [-0.2, 0) is 9.53 Å². The van der Waals surface area contributed by atoms with Crippen LogP contribution in [0.4, 0.5) is 0 Å². The van der Waals surface area contributed by atoms with Crippen molar-refractivity contribution in [1.82, 2.24) is 5.32 Å². The molecule has 1 N–H and O–H groups in total. The summed E-state index contributed by atoms with van der Waals surface area (Å²) in [6, 6.07) is 4.48. The van der Waals surface area contributed by atoms with E-state index in [2.05, 4.69) is 5.32 Å². The van der Waals surface area contributed by atoms with Crippen molar-refractivity contribution < 1.29 is 19.1 Å². The van der Waals surface area contributed by atoms with Crippen molar-refractivity contribution in [3.8, 4) is 5.75 Å². The number of carbonyl (C=O) groups excluding carboxylic acids is 2. The second-order valence-corrected chi connectivity index (χ2v) is 4.90. The Kier molecular flexibility index (Phi) is 5.55. The first-order valence-corrected chi connectivity index (χ1v) is 6.44. The number of esters is 1. The second-order valence-electron chi connectivity index (χ2n) is 4.90. The number of ether oxygens (including phenoxy) is 2. The summed E-state index contributed by atoms with van der Waals surface area (Å²) in [5.74, 6) is -0.199. The number of carbonyl (C=O) groups is 2. The number of hydrogen-bond donors (Lipinski definition) is 1. The molecule has 1 aromatic rings. The minimum atomic E-state index is -0.667. The molecule has 0 saturated carbocycles. The molecule has 1 unspecified atom stereocenters. The Hall–Kier alpha value is -2.04. The van der Waals surface area contributed by atoms with E-state index in [0.29, 0.717) is 11.3 Å². The molecule has 0 aromatic heterocycles. The summed E-state index contributed by atoms with van der Waals surface area (Å²) in [5.41, 5.74) is 1.39. The first-order chi connectivity index (χ1) is 9.40. The topological polar surface area (TPSA) is 64.6 Å². The molecule has 0 radical (unpaired) electrons. The van der Waals surface area contributed by atoms with Gasteiger partial charge >= 0.3 is 5.97 Å². The van der Waals surface area contributed by atoms with Gasteiger partial charge in [0.2, 0.25) is 0 Å². The fraction of sp³-hybridized carbons (Fsp3) is 0.467. The van der Waals surface area contributed by atoms with Crippen molar-refractivity contribution in [2.24, 2.45) is 5.92 Å². The number of hydrogen-bond acceptors (Lipinski definition) is 4. The zero-order chi connectivity index (χ0) is 15.3. The molecule has 0 saturated heterocycles. The summed E-state index contributed by atoms with van der Waals surface area (Å²) in [5, 5.41) is 2.69. The molecule has 0 aliphatic rings. The molecule has 0 bridgehead atoms.